The van der Waals surface area contributed by atoms with Crippen molar-refractivity contribution < 1.29 is 5.11 Å². The highest BCUT2D eigenvalue weighted by atomic mass is 127. The maximum atomic E-state index is 8.71. The van der Waals surface area contributed by atoms with E-state index >= 15 is 0 Å². The highest BCUT2D eigenvalue weighted by molar-refractivity contribution is 14.1. The molecule has 0 radical (unpaired) electrons. The van der Waals surface area contributed by atoms with Gasteiger partial charge in [-0.3, -0.25) is 0 Å². The molecule has 0 heterocycles. The minimum atomic E-state index is 0.267. The molecule has 0 spiro atoms. The van der Waals surface area contributed by atoms with Gasteiger partial charge in [-0.2, -0.15) is 0 Å². The van der Waals surface area contributed by atoms with Crippen LogP contribution in [0.2, 0.25) is 0 Å². The van der Waals surface area contributed by atoms with Crippen LogP contribution in [0.3, 0.4) is 0 Å². The monoisotopic (exact) mass is 238 g/mol. The first kappa shape index (κ1) is 7.54. The molecule has 1 N–H and O–H groups in total. The molecule has 0 saturated heterocycles. The zero-order valence-corrected chi connectivity index (χ0v) is 7.47. The molecule has 0 amide bonds. The zero-order valence-electron chi connectivity index (χ0n) is 5.31. The van der Waals surface area contributed by atoms with E-state index in [1.165, 1.54) is 12.0 Å². The molecule has 0 bridgehead atoms. The van der Waals surface area contributed by atoms with Gasteiger partial charge in [0.1, 0.15) is 0 Å². The zero-order chi connectivity index (χ0) is 6.69. The molecule has 1 rings (SSSR count). The van der Waals surface area contributed by atoms with E-state index in [0.29, 0.717) is 0 Å². The Kier molecular flexibility index (Phi) is 2.98. The first-order chi connectivity index (χ1) is 4.33. The molecule has 1 atom stereocenters. The average molecular weight is 238 g/mol. The third kappa shape index (κ3) is 2.26. The maximum Gasteiger partial charge on any atom is 0.0641 e. The summed E-state index contributed by atoms with van der Waals surface area (Å²) in [5, 5.41) is 8.71. The Morgan fingerprint density at radius 3 is 3.00 bits per heavy atom. The van der Waals surface area contributed by atoms with Gasteiger partial charge in [0.2, 0.25) is 0 Å². The summed E-state index contributed by atoms with van der Waals surface area (Å²) in [5.74, 6) is 0. The average Bonchev–Trinajstić information content (AvgIpc) is 1.90. The standard InChI is InChI=1S/C7H11IO/c8-7-3-1-6(5-9)2-4-7/h1,7,9H,2-5H2. The van der Waals surface area contributed by atoms with Crippen molar-refractivity contribution in [2.75, 3.05) is 6.61 Å². The van der Waals surface area contributed by atoms with E-state index in [1.54, 1.807) is 0 Å². The Morgan fingerprint density at radius 2 is 2.56 bits per heavy atom. The first-order valence-electron chi connectivity index (χ1n) is 3.25. The Balaban J connectivity index is 2.40. The maximum absolute atomic E-state index is 8.71. The molecular formula is C7H11IO. The van der Waals surface area contributed by atoms with Gasteiger partial charge in [0.25, 0.3) is 0 Å². The van der Waals surface area contributed by atoms with Gasteiger partial charge in [0, 0.05) is 3.92 Å². The van der Waals surface area contributed by atoms with Crippen LogP contribution in [0.5, 0.6) is 0 Å². The number of hydrogen-bond donors (Lipinski definition) is 1. The van der Waals surface area contributed by atoms with Crippen molar-refractivity contribution in [2.45, 2.75) is 23.2 Å². The summed E-state index contributed by atoms with van der Waals surface area (Å²) in [6, 6.07) is 0. The van der Waals surface area contributed by atoms with Crippen molar-refractivity contribution >= 4 is 22.6 Å². The SMILES string of the molecule is OCC1=CCC(I)CC1. The summed E-state index contributed by atoms with van der Waals surface area (Å²) in [5.41, 5.74) is 1.22. The largest absolute Gasteiger partial charge is 0.392 e. The smallest absolute Gasteiger partial charge is 0.0641 e. The molecule has 0 aliphatic heterocycles. The number of aliphatic hydroxyl groups is 1. The van der Waals surface area contributed by atoms with Gasteiger partial charge < -0.3 is 5.11 Å². The molecule has 0 aromatic rings. The lowest BCUT2D eigenvalue weighted by Crippen LogP contribution is -2.05. The molecule has 1 aliphatic carbocycles. The van der Waals surface area contributed by atoms with Gasteiger partial charge in [-0.05, 0) is 24.8 Å². The predicted molar refractivity (Wildman–Crippen MR) is 46.8 cm³/mol. The summed E-state index contributed by atoms with van der Waals surface area (Å²) >= 11 is 2.46. The van der Waals surface area contributed by atoms with Crippen LogP contribution >= 0.6 is 22.6 Å². The third-order valence-electron chi connectivity index (χ3n) is 1.64. The summed E-state index contributed by atoms with van der Waals surface area (Å²) < 4.78 is 0.804. The number of allylic oxidation sites excluding steroid dienone is 1. The number of alkyl halides is 1. The lowest BCUT2D eigenvalue weighted by atomic mass is 10.0. The molecule has 52 valence electrons. The number of halogens is 1. The van der Waals surface area contributed by atoms with Crippen LogP contribution in [0.25, 0.3) is 0 Å². The van der Waals surface area contributed by atoms with E-state index in [4.69, 9.17) is 5.11 Å². The Morgan fingerprint density at radius 1 is 1.78 bits per heavy atom. The minimum absolute atomic E-state index is 0.267. The van der Waals surface area contributed by atoms with Crippen molar-refractivity contribution in [3.05, 3.63) is 11.6 Å². The number of hydrogen-bond acceptors (Lipinski definition) is 1. The quantitative estimate of drug-likeness (QED) is 0.420. The van der Waals surface area contributed by atoms with Crippen LogP contribution in [0.4, 0.5) is 0 Å². The first-order valence-corrected chi connectivity index (χ1v) is 4.50. The second kappa shape index (κ2) is 3.56. The number of rotatable bonds is 1. The molecule has 9 heavy (non-hydrogen) atoms. The molecule has 0 fully saturated rings. The van der Waals surface area contributed by atoms with Gasteiger partial charge in [-0.25, -0.2) is 0 Å². The van der Waals surface area contributed by atoms with E-state index in [-0.39, 0.29) is 6.61 Å². The molecule has 1 aliphatic rings. The molecule has 2 heteroatoms. The van der Waals surface area contributed by atoms with Gasteiger partial charge >= 0.3 is 0 Å². The van der Waals surface area contributed by atoms with Crippen molar-refractivity contribution in [3.8, 4) is 0 Å². The Hall–Kier alpha value is 0.430. The van der Waals surface area contributed by atoms with Crippen molar-refractivity contribution in [2.24, 2.45) is 0 Å². The lowest BCUT2D eigenvalue weighted by molar-refractivity contribution is 0.323. The summed E-state index contributed by atoms with van der Waals surface area (Å²) in [6.45, 7) is 0.267. The predicted octanol–water partition coefficient (Wildman–Crippen LogP) is 1.89. The molecule has 0 aromatic heterocycles. The van der Waals surface area contributed by atoms with Gasteiger partial charge in [0.05, 0.1) is 6.61 Å². The van der Waals surface area contributed by atoms with Crippen molar-refractivity contribution in [1.82, 2.24) is 0 Å². The highest BCUT2D eigenvalue weighted by Crippen LogP contribution is 2.23. The molecule has 0 saturated carbocycles. The van der Waals surface area contributed by atoms with Crippen molar-refractivity contribution in [3.63, 3.8) is 0 Å². The van der Waals surface area contributed by atoms with E-state index < -0.39 is 0 Å². The van der Waals surface area contributed by atoms with E-state index in [9.17, 15) is 0 Å². The summed E-state index contributed by atoms with van der Waals surface area (Å²) in [7, 11) is 0. The van der Waals surface area contributed by atoms with Gasteiger partial charge in [-0.15, -0.1) is 0 Å². The van der Waals surface area contributed by atoms with Crippen LogP contribution < -0.4 is 0 Å². The Bertz CT molecular complexity index is 120. The fourth-order valence-electron chi connectivity index (χ4n) is 1.00. The fraction of sp³-hybridized carbons (Fsp3) is 0.714. The molecule has 1 unspecified atom stereocenters. The van der Waals surface area contributed by atoms with E-state index in [0.717, 1.165) is 16.8 Å². The van der Waals surface area contributed by atoms with Crippen LogP contribution in [-0.2, 0) is 0 Å². The third-order valence-corrected chi connectivity index (χ3v) is 2.78. The second-order valence-corrected chi connectivity index (χ2v) is 4.15. The minimum Gasteiger partial charge on any atom is -0.392 e. The van der Waals surface area contributed by atoms with E-state index in [1.807, 2.05) is 0 Å². The fourth-order valence-corrected chi connectivity index (χ4v) is 1.57. The summed E-state index contributed by atoms with van der Waals surface area (Å²) in [6.07, 6.45) is 5.66. The highest BCUT2D eigenvalue weighted by Gasteiger charge is 2.09. The van der Waals surface area contributed by atoms with Crippen LogP contribution in [0, 0.1) is 0 Å². The Labute approximate surface area is 69.3 Å². The molecule has 1 nitrogen and oxygen atoms in total. The molecular weight excluding hydrogens is 227 g/mol. The van der Waals surface area contributed by atoms with Crippen LogP contribution in [0.15, 0.2) is 11.6 Å². The summed E-state index contributed by atoms with van der Waals surface area (Å²) in [4.78, 5) is 0. The second-order valence-electron chi connectivity index (χ2n) is 2.39. The van der Waals surface area contributed by atoms with Gasteiger partial charge in [-0.1, -0.05) is 28.7 Å². The lowest BCUT2D eigenvalue weighted by Gasteiger charge is -2.14. The van der Waals surface area contributed by atoms with Crippen LogP contribution in [-0.4, -0.2) is 15.6 Å². The van der Waals surface area contributed by atoms with Crippen molar-refractivity contribution in [1.29, 1.82) is 0 Å². The van der Waals surface area contributed by atoms with Gasteiger partial charge in [0.15, 0.2) is 0 Å². The normalized spacial score (nSPS) is 27.8. The van der Waals surface area contributed by atoms with Crippen LogP contribution in [0.1, 0.15) is 19.3 Å². The molecule has 0 aromatic carbocycles. The van der Waals surface area contributed by atoms with E-state index in [2.05, 4.69) is 28.7 Å². The topological polar surface area (TPSA) is 20.2 Å². The number of aliphatic hydroxyl groups excluding tert-OH is 1.